The van der Waals surface area contributed by atoms with Gasteiger partial charge in [0.1, 0.15) is 11.6 Å². The van der Waals surface area contributed by atoms with Crippen LogP contribution in [0, 0.1) is 0 Å². The van der Waals surface area contributed by atoms with Crippen LogP contribution < -0.4 is 4.90 Å². The van der Waals surface area contributed by atoms with E-state index in [1.807, 2.05) is 30.5 Å². The summed E-state index contributed by atoms with van der Waals surface area (Å²) in [5.74, 6) is 1.13. The smallest absolute Gasteiger partial charge is 0.137 e. The van der Waals surface area contributed by atoms with Crippen LogP contribution in [0.2, 0.25) is 0 Å². The van der Waals surface area contributed by atoms with E-state index in [1.165, 1.54) is 16.7 Å². The second-order valence-electron chi connectivity index (χ2n) is 15.4. The highest BCUT2D eigenvalue weighted by molar-refractivity contribution is 5.79. The van der Waals surface area contributed by atoms with Gasteiger partial charge in [0.2, 0.25) is 0 Å². The van der Waals surface area contributed by atoms with Gasteiger partial charge in [0, 0.05) is 39.7 Å². The first-order chi connectivity index (χ1) is 23.2. The normalized spacial score (nSPS) is 12.2. The van der Waals surface area contributed by atoms with E-state index in [1.54, 1.807) is 0 Å². The third-order valence-corrected chi connectivity index (χ3v) is 9.42. The molecule has 0 radical (unpaired) electrons. The van der Waals surface area contributed by atoms with Gasteiger partial charge in [-0.2, -0.15) is 0 Å². The number of rotatable bonds is 7. The van der Waals surface area contributed by atoms with Gasteiger partial charge in [-0.15, -0.1) is 0 Å². The van der Waals surface area contributed by atoms with E-state index in [-0.39, 0.29) is 16.2 Å². The Labute approximate surface area is 292 Å². The molecule has 0 aliphatic rings. The summed E-state index contributed by atoms with van der Waals surface area (Å²) in [6.45, 7) is 17.5. The lowest BCUT2D eigenvalue weighted by molar-refractivity contribution is 0.446. The fraction of sp³-hybridized carbons (Fsp3) is 0.244. The molecule has 0 aliphatic carbocycles. The first-order valence-corrected chi connectivity index (χ1v) is 17.1. The number of aromatic hydroxyl groups is 1. The molecule has 49 heavy (non-hydrogen) atoms. The quantitative estimate of drug-likeness (QED) is 0.188. The van der Waals surface area contributed by atoms with E-state index < -0.39 is 0 Å². The van der Waals surface area contributed by atoms with Gasteiger partial charge in [0.05, 0.1) is 11.4 Å². The number of hydrogen-bond acceptors (Lipinski definition) is 4. The number of phenolic OH excluding ortho intramolecular Hbond substituents is 1. The summed E-state index contributed by atoms with van der Waals surface area (Å²) in [6, 6.07) is 44.0. The zero-order chi connectivity index (χ0) is 35.0. The Morgan fingerprint density at radius 1 is 0.531 bits per heavy atom. The van der Waals surface area contributed by atoms with Crippen molar-refractivity contribution in [1.29, 1.82) is 0 Å². The number of benzene rings is 4. The molecule has 0 aliphatic heterocycles. The van der Waals surface area contributed by atoms with E-state index in [9.17, 15) is 5.11 Å². The van der Waals surface area contributed by atoms with Crippen molar-refractivity contribution in [3.05, 3.63) is 156 Å². The minimum atomic E-state index is -0.228. The van der Waals surface area contributed by atoms with Gasteiger partial charge in [0.15, 0.2) is 0 Å². The summed E-state index contributed by atoms with van der Waals surface area (Å²) in [4.78, 5) is 12.3. The van der Waals surface area contributed by atoms with E-state index in [0.29, 0.717) is 5.75 Å². The molecule has 0 amide bonds. The van der Waals surface area contributed by atoms with E-state index in [4.69, 9.17) is 9.97 Å². The molecule has 0 saturated carbocycles. The standard InChI is InChI=1S/C45H47N3O/c1-43(2,3)34-28-37(42(49)38(29-34)44(4,5)6)40-24-16-23-39(47-40)31-17-15-22-36(27-31)48(35-20-13-10-14-21-35)41-30-33(25-26-46-41)45(7,8)32-18-11-9-12-19-32/h9-30,49H,1-8H3. The van der Waals surface area contributed by atoms with E-state index in [0.717, 1.165) is 45.3 Å². The molecule has 4 heteroatoms. The maximum absolute atomic E-state index is 11.6. The van der Waals surface area contributed by atoms with Gasteiger partial charge < -0.3 is 5.11 Å². The Balaban J connectivity index is 1.45. The summed E-state index contributed by atoms with van der Waals surface area (Å²) in [7, 11) is 0. The van der Waals surface area contributed by atoms with Crippen LogP contribution in [-0.2, 0) is 16.2 Å². The highest BCUT2D eigenvalue weighted by Gasteiger charge is 2.27. The van der Waals surface area contributed by atoms with Crippen LogP contribution in [0.5, 0.6) is 5.75 Å². The van der Waals surface area contributed by atoms with Crippen molar-refractivity contribution in [2.45, 2.75) is 71.6 Å². The highest BCUT2D eigenvalue weighted by Crippen LogP contribution is 2.43. The number of phenols is 1. The molecule has 248 valence electrons. The number of anilines is 3. The van der Waals surface area contributed by atoms with Gasteiger partial charge in [-0.05, 0) is 82.1 Å². The van der Waals surface area contributed by atoms with Crippen molar-refractivity contribution in [2.24, 2.45) is 0 Å². The minimum absolute atomic E-state index is 0.0864. The average Bonchev–Trinajstić information content (AvgIpc) is 3.09. The zero-order valence-electron chi connectivity index (χ0n) is 30.0. The van der Waals surface area contributed by atoms with E-state index >= 15 is 0 Å². The summed E-state index contributed by atoms with van der Waals surface area (Å²) in [6.07, 6.45) is 1.91. The lowest BCUT2D eigenvalue weighted by Crippen LogP contribution is -2.20. The Morgan fingerprint density at radius 2 is 1.16 bits per heavy atom. The molecule has 0 unspecified atom stereocenters. The largest absolute Gasteiger partial charge is 0.507 e. The molecule has 4 nitrogen and oxygen atoms in total. The van der Waals surface area contributed by atoms with Gasteiger partial charge >= 0.3 is 0 Å². The lowest BCUT2D eigenvalue weighted by Gasteiger charge is -2.29. The van der Waals surface area contributed by atoms with Crippen molar-refractivity contribution in [3.63, 3.8) is 0 Å². The molecular formula is C45H47N3O. The fourth-order valence-electron chi connectivity index (χ4n) is 6.33. The fourth-order valence-corrected chi connectivity index (χ4v) is 6.33. The van der Waals surface area contributed by atoms with Crippen LogP contribution >= 0.6 is 0 Å². The first-order valence-electron chi connectivity index (χ1n) is 17.1. The van der Waals surface area contributed by atoms with Crippen LogP contribution in [0.15, 0.2) is 134 Å². The molecule has 4 aromatic carbocycles. The van der Waals surface area contributed by atoms with Gasteiger partial charge in [-0.1, -0.05) is 128 Å². The minimum Gasteiger partial charge on any atom is -0.507 e. The Hall–Kier alpha value is -5.22. The molecule has 6 rings (SSSR count). The summed E-state index contributed by atoms with van der Waals surface area (Å²) in [5.41, 5.74) is 9.30. The predicted octanol–water partition coefficient (Wildman–Crippen LogP) is 11.9. The molecule has 6 aromatic rings. The first kappa shape index (κ1) is 33.7. The number of pyridine rings is 2. The summed E-state index contributed by atoms with van der Waals surface area (Å²) >= 11 is 0. The average molecular weight is 646 g/mol. The number of para-hydroxylation sites is 1. The van der Waals surface area contributed by atoms with Crippen molar-refractivity contribution >= 4 is 17.2 Å². The van der Waals surface area contributed by atoms with Crippen LogP contribution in [-0.4, -0.2) is 15.1 Å². The molecular weight excluding hydrogens is 599 g/mol. The SMILES string of the molecule is CC(C)(C)c1cc(-c2cccc(-c3cccc(N(c4ccccc4)c4cc(C(C)(C)c5ccccc5)ccn4)c3)n2)c(O)c(C(C)(C)C)c1. The van der Waals surface area contributed by atoms with E-state index in [2.05, 4.69) is 163 Å². The van der Waals surface area contributed by atoms with Gasteiger partial charge in [-0.25, -0.2) is 9.97 Å². The van der Waals surface area contributed by atoms with Crippen molar-refractivity contribution in [3.8, 4) is 28.3 Å². The molecule has 1 N–H and O–H groups in total. The van der Waals surface area contributed by atoms with Crippen LogP contribution in [0.1, 0.15) is 77.6 Å². The topological polar surface area (TPSA) is 49.2 Å². The second kappa shape index (κ2) is 13.0. The third-order valence-electron chi connectivity index (χ3n) is 9.42. The monoisotopic (exact) mass is 645 g/mol. The molecule has 0 atom stereocenters. The lowest BCUT2D eigenvalue weighted by atomic mass is 9.78. The predicted molar refractivity (Wildman–Crippen MR) is 205 cm³/mol. The van der Waals surface area contributed by atoms with Crippen molar-refractivity contribution in [1.82, 2.24) is 9.97 Å². The number of aromatic nitrogens is 2. The van der Waals surface area contributed by atoms with Crippen LogP contribution in [0.25, 0.3) is 22.5 Å². The van der Waals surface area contributed by atoms with Crippen LogP contribution in [0.3, 0.4) is 0 Å². The summed E-state index contributed by atoms with van der Waals surface area (Å²) < 4.78 is 0. The Morgan fingerprint density at radius 3 is 1.84 bits per heavy atom. The van der Waals surface area contributed by atoms with Gasteiger partial charge in [0.25, 0.3) is 0 Å². The second-order valence-corrected chi connectivity index (χ2v) is 15.4. The molecule has 0 bridgehead atoms. The molecule has 2 heterocycles. The molecule has 0 saturated heterocycles. The van der Waals surface area contributed by atoms with Gasteiger partial charge in [-0.3, -0.25) is 4.90 Å². The van der Waals surface area contributed by atoms with Crippen molar-refractivity contribution < 1.29 is 5.11 Å². The molecule has 2 aromatic heterocycles. The zero-order valence-corrected chi connectivity index (χ0v) is 30.0. The third kappa shape index (κ3) is 7.00. The summed E-state index contributed by atoms with van der Waals surface area (Å²) in [5, 5.41) is 11.6. The maximum Gasteiger partial charge on any atom is 0.137 e. The molecule has 0 fully saturated rings. The Kier molecular flexibility index (Phi) is 8.94. The number of nitrogens with zero attached hydrogens (tertiary/aromatic N) is 3. The molecule has 0 spiro atoms. The van der Waals surface area contributed by atoms with Crippen LogP contribution in [0.4, 0.5) is 17.2 Å². The van der Waals surface area contributed by atoms with Crippen molar-refractivity contribution in [2.75, 3.05) is 4.90 Å². The highest BCUT2D eigenvalue weighted by atomic mass is 16.3. The maximum atomic E-state index is 11.6. The number of hydrogen-bond donors (Lipinski definition) is 1. The Bertz CT molecular complexity index is 2070.